The van der Waals surface area contributed by atoms with Gasteiger partial charge in [-0.2, -0.15) is 0 Å². The number of carboxylic acid groups (broad SMARTS) is 1. The van der Waals surface area contributed by atoms with Crippen LogP contribution in [0.5, 0.6) is 0 Å². The van der Waals surface area contributed by atoms with E-state index in [0.29, 0.717) is 5.82 Å². The van der Waals surface area contributed by atoms with Crippen molar-refractivity contribution in [3.8, 4) is 0 Å². The van der Waals surface area contributed by atoms with Gasteiger partial charge in [0.15, 0.2) is 0 Å². The predicted molar refractivity (Wildman–Crippen MR) is 63.5 cm³/mol. The first-order chi connectivity index (χ1) is 7.54. The van der Waals surface area contributed by atoms with Gasteiger partial charge in [0.05, 0.1) is 0 Å². The lowest BCUT2D eigenvalue weighted by atomic mass is 9.99. The first kappa shape index (κ1) is 12.5. The molecule has 2 atom stereocenters. The number of hydrogen-bond acceptors (Lipinski definition) is 3. The van der Waals surface area contributed by atoms with Crippen molar-refractivity contribution in [1.82, 2.24) is 4.98 Å². The molecule has 2 N–H and O–H groups in total. The molecule has 0 bridgehead atoms. The lowest BCUT2D eigenvalue weighted by molar-refractivity contribution is -0.139. The quantitative estimate of drug-likeness (QED) is 0.802. The molecule has 1 aromatic heterocycles. The van der Waals surface area contributed by atoms with Gasteiger partial charge in [0.2, 0.25) is 0 Å². The van der Waals surface area contributed by atoms with E-state index < -0.39 is 12.0 Å². The number of aryl methyl sites for hydroxylation is 1. The molecule has 4 nitrogen and oxygen atoms in total. The first-order valence-electron chi connectivity index (χ1n) is 5.46. The average Bonchev–Trinajstić information content (AvgIpc) is 2.24. The molecule has 0 saturated heterocycles. The van der Waals surface area contributed by atoms with E-state index in [1.54, 1.807) is 6.20 Å². The van der Waals surface area contributed by atoms with Gasteiger partial charge < -0.3 is 10.4 Å². The van der Waals surface area contributed by atoms with E-state index in [-0.39, 0.29) is 5.92 Å². The van der Waals surface area contributed by atoms with Gasteiger partial charge in [-0.15, -0.1) is 0 Å². The highest BCUT2D eigenvalue weighted by Crippen LogP contribution is 2.14. The molecule has 0 amide bonds. The monoisotopic (exact) mass is 222 g/mol. The SMILES string of the molecule is CC[C@H](C)[C@H](Nc1cc(C)ccn1)C(=O)O. The minimum atomic E-state index is -0.836. The molecule has 1 aromatic rings. The Kier molecular flexibility index (Phi) is 4.28. The molecule has 0 unspecified atom stereocenters. The Morgan fingerprint density at radius 1 is 1.62 bits per heavy atom. The highest BCUT2D eigenvalue weighted by molar-refractivity contribution is 5.77. The predicted octanol–water partition coefficient (Wildman–Crippen LogP) is 2.30. The molecule has 4 heteroatoms. The van der Waals surface area contributed by atoms with Crippen molar-refractivity contribution in [2.75, 3.05) is 5.32 Å². The third-order valence-electron chi connectivity index (χ3n) is 2.70. The molecule has 1 rings (SSSR count). The maximum atomic E-state index is 11.1. The second kappa shape index (κ2) is 5.49. The van der Waals surface area contributed by atoms with Gasteiger partial charge in [0.25, 0.3) is 0 Å². The number of hydrogen-bond donors (Lipinski definition) is 2. The minimum absolute atomic E-state index is 0.0693. The summed E-state index contributed by atoms with van der Waals surface area (Å²) in [4.78, 5) is 15.2. The van der Waals surface area contributed by atoms with Gasteiger partial charge in [-0.25, -0.2) is 9.78 Å². The van der Waals surface area contributed by atoms with E-state index in [1.165, 1.54) is 0 Å². The Hall–Kier alpha value is -1.58. The van der Waals surface area contributed by atoms with Crippen LogP contribution in [0.4, 0.5) is 5.82 Å². The van der Waals surface area contributed by atoms with E-state index in [4.69, 9.17) is 5.11 Å². The van der Waals surface area contributed by atoms with Crippen LogP contribution in [0.25, 0.3) is 0 Å². The largest absolute Gasteiger partial charge is 0.480 e. The van der Waals surface area contributed by atoms with Crippen molar-refractivity contribution in [2.24, 2.45) is 5.92 Å². The molecular formula is C12H18N2O2. The summed E-state index contributed by atoms with van der Waals surface area (Å²) in [6.45, 7) is 5.85. The lowest BCUT2D eigenvalue weighted by Gasteiger charge is -2.20. The summed E-state index contributed by atoms with van der Waals surface area (Å²) in [5, 5.41) is 12.1. The number of rotatable bonds is 5. The van der Waals surface area contributed by atoms with Crippen LogP contribution in [0.1, 0.15) is 25.8 Å². The second-order valence-corrected chi connectivity index (χ2v) is 4.06. The van der Waals surface area contributed by atoms with Gasteiger partial charge >= 0.3 is 5.97 Å². The summed E-state index contributed by atoms with van der Waals surface area (Å²) in [6.07, 6.45) is 2.49. The summed E-state index contributed by atoms with van der Waals surface area (Å²) in [6, 6.07) is 3.14. The molecule has 0 spiro atoms. The summed E-state index contributed by atoms with van der Waals surface area (Å²) >= 11 is 0. The number of carbonyl (C=O) groups is 1. The fraction of sp³-hybridized carbons (Fsp3) is 0.500. The van der Waals surface area contributed by atoms with Gasteiger partial charge in [0.1, 0.15) is 11.9 Å². The molecule has 0 aliphatic carbocycles. The zero-order valence-electron chi connectivity index (χ0n) is 9.90. The lowest BCUT2D eigenvalue weighted by Crippen LogP contribution is -2.35. The fourth-order valence-electron chi connectivity index (χ4n) is 1.46. The van der Waals surface area contributed by atoms with Gasteiger partial charge in [-0.1, -0.05) is 20.3 Å². The molecule has 88 valence electrons. The number of anilines is 1. The number of aliphatic carboxylic acids is 1. The van der Waals surface area contributed by atoms with Crippen LogP contribution in [0.3, 0.4) is 0 Å². The van der Waals surface area contributed by atoms with E-state index in [2.05, 4.69) is 10.3 Å². The maximum absolute atomic E-state index is 11.1. The second-order valence-electron chi connectivity index (χ2n) is 4.06. The zero-order chi connectivity index (χ0) is 12.1. The van der Waals surface area contributed by atoms with Crippen LogP contribution in [-0.4, -0.2) is 22.1 Å². The van der Waals surface area contributed by atoms with Gasteiger partial charge in [-0.05, 0) is 30.5 Å². The van der Waals surface area contributed by atoms with Crippen LogP contribution in [0.2, 0.25) is 0 Å². The minimum Gasteiger partial charge on any atom is -0.480 e. The van der Waals surface area contributed by atoms with E-state index in [9.17, 15) is 4.79 Å². The molecule has 0 aromatic carbocycles. The smallest absolute Gasteiger partial charge is 0.326 e. The number of carboxylic acids is 1. The Morgan fingerprint density at radius 2 is 2.31 bits per heavy atom. The van der Waals surface area contributed by atoms with E-state index >= 15 is 0 Å². The van der Waals surface area contributed by atoms with Gasteiger partial charge in [-0.3, -0.25) is 0 Å². The normalized spacial score (nSPS) is 14.2. The fourth-order valence-corrected chi connectivity index (χ4v) is 1.46. The summed E-state index contributed by atoms with van der Waals surface area (Å²) in [5.74, 6) is -0.148. The number of nitrogens with one attached hydrogen (secondary N) is 1. The third-order valence-corrected chi connectivity index (χ3v) is 2.70. The van der Waals surface area contributed by atoms with E-state index in [0.717, 1.165) is 12.0 Å². The molecule has 0 aliphatic heterocycles. The maximum Gasteiger partial charge on any atom is 0.326 e. The highest BCUT2D eigenvalue weighted by Gasteiger charge is 2.23. The highest BCUT2D eigenvalue weighted by atomic mass is 16.4. The number of pyridine rings is 1. The third kappa shape index (κ3) is 3.22. The summed E-state index contributed by atoms with van der Waals surface area (Å²) < 4.78 is 0. The zero-order valence-corrected chi connectivity index (χ0v) is 9.90. The molecule has 0 aliphatic rings. The Balaban J connectivity index is 2.79. The Bertz CT molecular complexity index is 366. The van der Waals surface area contributed by atoms with Crippen LogP contribution < -0.4 is 5.32 Å². The first-order valence-corrected chi connectivity index (χ1v) is 5.46. The molecule has 0 saturated carbocycles. The van der Waals surface area contributed by atoms with Crippen molar-refractivity contribution in [1.29, 1.82) is 0 Å². The number of nitrogens with zero attached hydrogens (tertiary/aromatic N) is 1. The Labute approximate surface area is 95.7 Å². The molecule has 1 heterocycles. The molecule has 16 heavy (non-hydrogen) atoms. The van der Waals surface area contributed by atoms with Crippen molar-refractivity contribution >= 4 is 11.8 Å². The van der Waals surface area contributed by atoms with Crippen molar-refractivity contribution in [2.45, 2.75) is 33.2 Å². The van der Waals surface area contributed by atoms with E-state index in [1.807, 2.05) is 32.9 Å². The van der Waals surface area contributed by atoms with Gasteiger partial charge in [0, 0.05) is 6.20 Å². The Morgan fingerprint density at radius 3 is 2.81 bits per heavy atom. The van der Waals surface area contributed by atoms with Crippen LogP contribution in [0.15, 0.2) is 18.3 Å². The molecular weight excluding hydrogens is 204 g/mol. The molecule has 0 fully saturated rings. The summed E-state index contributed by atoms with van der Waals surface area (Å²) in [7, 11) is 0. The van der Waals surface area contributed by atoms with Crippen LogP contribution in [-0.2, 0) is 4.79 Å². The van der Waals surface area contributed by atoms with Crippen LogP contribution >= 0.6 is 0 Å². The number of aromatic nitrogens is 1. The molecule has 0 radical (unpaired) electrons. The van der Waals surface area contributed by atoms with Crippen molar-refractivity contribution < 1.29 is 9.90 Å². The average molecular weight is 222 g/mol. The topological polar surface area (TPSA) is 62.2 Å². The van der Waals surface area contributed by atoms with Crippen LogP contribution in [0, 0.1) is 12.8 Å². The summed E-state index contributed by atoms with van der Waals surface area (Å²) in [5.41, 5.74) is 1.06. The van der Waals surface area contributed by atoms with Crippen molar-refractivity contribution in [3.63, 3.8) is 0 Å². The standard InChI is InChI=1S/C12H18N2O2/c1-4-9(3)11(12(15)16)14-10-7-8(2)5-6-13-10/h5-7,9,11H,4H2,1-3H3,(H,13,14)(H,15,16)/t9-,11-/m0/s1. The van der Waals surface area contributed by atoms with Crippen molar-refractivity contribution in [3.05, 3.63) is 23.9 Å².